The minimum atomic E-state index is -0.305. The lowest BCUT2D eigenvalue weighted by Gasteiger charge is -2.26. The Morgan fingerprint density at radius 1 is 1.29 bits per heavy atom. The lowest BCUT2D eigenvalue weighted by molar-refractivity contribution is -0.140. The van der Waals surface area contributed by atoms with Crippen molar-refractivity contribution in [1.29, 1.82) is 0 Å². The highest BCUT2D eigenvalue weighted by molar-refractivity contribution is 7.99. The molecule has 1 aromatic carbocycles. The molecule has 0 bridgehead atoms. The van der Waals surface area contributed by atoms with E-state index in [1.807, 2.05) is 24.3 Å². The third kappa shape index (κ3) is 5.73. The van der Waals surface area contributed by atoms with E-state index < -0.39 is 0 Å². The van der Waals surface area contributed by atoms with Crippen LogP contribution in [0, 0.1) is 5.92 Å². The average Bonchev–Trinajstić information content (AvgIpc) is 3.23. The summed E-state index contributed by atoms with van der Waals surface area (Å²) >= 11 is 2.73. The molecule has 0 radical (unpaired) electrons. The maximum Gasteiger partial charge on any atom is 0.316 e. The van der Waals surface area contributed by atoms with Crippen LogP contribution in [-0.4, -0.2) is 41.1 Å². The van der Waals surface area contributed by atoms with Crippen LogP contribution < -0.4 is 10.3 Å². The Bertz CT molecular complexity index is 1230. The monoisotopic (exact) mass is 516 g/mol. The molecule has 0 N–H and O–H groups in total. The highest BCUT2D eigenvalue weighted by atomic mass is 32.2. The van der Waals surface area contributed by atoms with Crippen LogP contribution in [0.1, 0.15) is 50.5 Å². The molecular formula is C26H32N2O5S2. The summed E-state index contributed by atoms with van der Waals surface area (Å²) in [5.74, 6) is 0.836. The fourth-order valence-electron chi connectivity index (χ4n) is 4.10. The van der Waals surface area contributed by atoms with Crippen molar-refractivity contribution in [3.8, 4) is 11.4 Å². The molecule has 1 unspecified atom stereocenters. The minimum absolute atomic E-state index is 0.0747. The van der Waals surface area contributed by atoms with E-state index in [1.54, 1.807) is 11.7 Å². The van der Waals surface area contributed by atoms with E-state index in [-0.39, 0.29) is 23.4 Å². The molecule has 1 aliphatic heterocycles. The number of hydrogen-bond donors (Lipinski definition) is 0. The van der Waals surface area contributed by atoms with Crippen LogP contribution in [0.15, 0.2) is 34.2 Å². The summed E-state index contributed by atoms with van der Waals surface area (Å²) in [4.78, 5) is 32.9. The largest absolute Gasteiger partial charge is 0.497 e. The van der Waals surface area contributed by atoms with Gasteiger partial charge in [-0.3, -0.25) is 14.2 Å². The topological polar surface area (TPSA) is 79.7 Å². The van der Waals surface area contributed by atoms with E-state index in [4.69, 9.17) is 19.2 Å². The standard InChI is InChI=1S/C26H32N2O5S2/c1-5-6-7-12-32-22(29)15-34-26-27-24-23(19-13-20(16(2)3)33-14-21(19)35-24)25(30)28(26)17-8-10-18(31-4)11-9-17/h8-11,16,20H,5-7,12-15H2,1-4H3. The maximum absolute atomic E-state index is 13.9. The second-order valence-electron chi connectivity index (χ2n) is 8.93. The summed E-state index contributed by atoms with van der Waals surface area (Å²) in [6, 6.07) is 7.29. The van der Waals surface area contributed by atoms with Gasteiger partial charge in [0.05, 0.1) is 43.3 Å². The number of ether oxygens (including phenoxy) is 3. The number of fused-ring (bicyclic) bond motifs is 3. The van der Waals surface area contributed by atoms with Crippen LogP contribution in [0.4, 0.5) is 0 Å². The fraction of sp³-hybridized carbons (Fsp3) is 0.500. The van der Waals surface area contributed by atoms with E-state index in [0.29, 0.717) is 52.4 Å². The second-order valence-corrected chi connectivity index (χ2v) is 11.0. The van der Waals surface area contributed by atoms with Gasteiger partial charge in [0.25, 0.3) is 5.56 Å². The predicted octanol–water partition coefficient (Wildman–Crippen LogP) is 5.38. The number of benzene rings is 1. The van der Waals surface area contributed by atoms with E-state index in [9.17, 15) is 9.59 Å². The highest BCUT2D eigenvalue weighted by Gasteiger charge is 2.29. The summed E-state index contributed by atoms with van der Waals surface area (Å²) in [7, 11) is 1.60. The van der Waals surface area contributed by atoms with Crippen LogP contribution in [-0.2, 0) is 27.3 Å². The lowest BCUT2D eigenvalue weighted by Crippen LogP contribution is -2.28. The Hall–Kier alpha value is -2.36. The molecule has 1 atom stereocenters. The summed E-state index contributed by atoms with van der Waals surface area (Å²) in [6.45, 7) is 7.28. The summed E-state index contributed by atoms with van der Waals surface area (Å²) in [6.07, 6.45) is 3.72. The highest BCUT2D eigenvalue weighted by Crippen LogP contribution is 2.36. The number of thiophene rings is 1. The number of aromatic nitrogens is 2. The molecule has 2 aromatic heterocycles. The van der Waals surface area contributed by atoms with Crippen LogP contribution in [0.2, 0.25) is 0 Å². The lowest BCUT2D eigenvalue weighted by atomic mass is 9.96. The van der Waals surface area contributed by atoms with Crippen molar-refractivity contribution in [1.82, 2.24) is 9.55 Å². The number of carbonyl (C=O) groups excluding carboxylic acids is 1. The number of unbranched alkanes of at least 4 members (excludes halogenated alkanes) is 2. The molecule has 3 aromatic rings. The summed E-state index contributed by atoms with van der Waals surface area (Å²) < 4.78 is 18.3. The number of rotatable bonds is 10. The Morgan fingerprint density at radius 3 is 2.74 bits per heavy atom. The maximum atomic E-state index is 13.9. The van der Waals surface area contributed by atoms with Gasteiger partial charge in [0.1, 0.15) is 10.6 Å². The van der Waals surface area contributed by atoms with Gasteiger partial charge in [0.15, 0.2) is 5.16 Å². The van der Waals surface area contributed by atoms with Gasteiger partial charge in [0, 0.05) is 11.3 Å². The van der Waals surface area contributed by atoms with Gasteiger partial charge in [-0.1, -0.05) is 45.4 Å². The van der Waals surface area contributed by atoms with Gasteiger partial charge >= 0.3 is 5.97 Å². The molecule has 35 heavy (non-hydrogen) atoms. The van der Waals surface area contributed by atoms with Gasteiger partial charge in [-0.15, -0.1) is 11.3 Å². The van der Waals surface area contributed by atoms with Crippen molar-refractivity contribution in [3.63, 3.8) is 0 Å². The normalized spacial score (nSPS) is 15.4. The first-order chi connectivity index (χ1) is 16.9. The first-order valence-electron chi connectivity index (χ1n) is 12.0. The van der Waals surface area contributed by atoms with Crippen LogP contribution in [0.5, 0.6) is 5.75 Å². The molecule has 4 rings (SSSR count). The SMILES string of the molecule is CCCCCOC(=O)CSc1nc2sc3c(c2c(=O)n1-c1ccc(OC)cc1)CC(C(C)C)OC3. The van der Waals surface area contributed by atoms with Crippen LogP contribution >= 0.6 is 23.1 Å². The molecule has 188 valence electrons. The summed E-state index contributed by atoms with van der Waals surface area (Å²) in [5, 5.41) is 1.12. The zero-order valence-corrected chi connectivity index (χ0v) is 22.3. The molecule has 0 saturated carbocycles. The zero-order chi connectivity index (χ0) is 24.9. The second kappa shape index (κ2) is 11.6. The van der Waals surface area contributed by atoms with Gasteiger partial charge < -0.3 is 14.2 Å². The van der Waals surface area contributed by atoms with Crippen molar-refractivity contribution >= 4 is 39.3 Å². The molecule has 0 saturated heterocycles. The smallest absolute Gasteiger partial charge is 0.316 e. The Balaban J connectivity index is 1.72. The van der Waals surface area contributed by atoms with Gasteiger partial charge in [-0.2, -0.15) is 0 Å². The Morgan fingerprint density at radius 2 is 2.06 bits per heavy atom. The van der Waals surface area contributed by atoms with Crippen LogP contribution in [0.3, 0.4) is 0 Å². The molecule has 7 nitrogen and oxygen atoms in total. The quantitative estimate of drug-likeness (QED) is 0.155. The fourth-order valence-corrected chi connectivity index (χ4v) is 6.07. The van der Waals surface area contributed by atoms with E-state index in [0.717, 1.165) is 29.7 Å². The first kappa shape index (κ1) is 25.7. The average molecular weight is 517 g/mol. The van der Waals surface area contributed by atoms with Crippen molar-refractivity contribution in [2.45, 2.75) is 64.3 Å². The van der Waals surface area contributed by atoms with Gasteiger partial charge in [0.2, 0.25) is 0 Å². The minimum Gasteiger partial charge on any atom is -0.497 e. The number of carbonyl (C=O) groups is 1. The first-order valence-corrected chi connectivity index (χ1v) is 13.8. The van der Waals surface area contributed by atoms with Crippen LogP contribution in [0.25, 0.3) is 15.9 Å². The molecule has 1 aliphatic rings. The number of thioether (sulfide) groups is 1. The number of esters is 1. The molecule has 9 heteroatoms. The van der Waals surface area contributed by atoms with Crippen molar-refractivity contribution in [2.24, 2.45) is 5.92 Å². The Kier molecular flexibility index (Phi) is 8.51. The van der Waals surface area contributed by atoms with Crippen molar-refractivity contribution in [3.05, 3.63) is 45.1 Å². The number of methoxy groups -OCH3 is 1. The molecule has 3 heterocycles. The predicted molar refractivity (Wildman–Crippen MR) is 140 cm³/mol. The molecule has 0 fully saturated rings. The third-order valence-electron chi connectivity index (χ3n) is 6.12. The van der Waals surface area contributed by atoms with E-state index >= 15 is 0 Å². The number of nitrogens with zero attached hydrogens (tertiary/aromatic N) is 2. The van der Waals surface area contributed by atoms with Gasteiger partial charge in [-0.05, 0) is 42.2 Å². The van der Waals surface area contributed by atoms with Gasteiger partial charge in [-0.25, -0.2) is 4.98 Å². The van der Waals surface area contributed by atoms with E-state index in [1.165, 1.54) is 23.1 Å². The van der Waals surface area contributed by atoms with Crippen molar-refractivity contribution in [2.75, 3.05) is 19.5 Å². The molecule has 0 aliphatic carbocycles. The van der Waals surface area contributed by atoms with Crippen molar-refractivity contribution < 1.29 is 19.0 Å². The molecular weight excluding hydrogens is 484 g/mol. The molecule has 0 spiro atoms. The number of hydrogen-bond acceptors (Lipinski definition) is 8. The summed E-state index contributed by atoms with van der Waals surface area (Å²) in [5.41, 5.74) is 1.60. The molecule has 0 amide bonds. The van der Waals surface area contributed by atoms with E-state index in [2.05, 4.69) is 20.8 Å². The zero-order valence-electron chi connectivity index (χ0n) is 20.7. The third-order valence-corrected chi connectivity index (χ3v) is 8.13. The Labute approximate surface area is 213 Å².